The molecule has 0 saturated carbocycles. The second-order valence-corrected chi connectivity index (χ2v) is 5.72. The lowest BCUT2D eigenvalue weighted by Gasteiger charge is -2.05. The van der Waals surface area contributed by atoms with Gasteiger partial charge in [-0.2, -0.15) is 5.26 Å². The molecule has 7 nitrogen and oxygen atoms in total. The number of nitriles is 1. The number of thiophene rings is 1. The van der Waals surface area contributed by atoms with E-state index in [4.69, 9.17) is 9.68 Å². The number of amides is 1. The minimum Gasteiger partial charge on any atom is -0.398 e. The lowest BCUT2D eigenvalue weighted by molar-refractivity contribution is -0.114. The summed E-state index contributed by atoms with van der Waals surface area (Å²) in [5.74, 6) is -0.808. The van der Waals surface area contributed by atoms with E-state index in [0.29, 0.717) is 16.0 Å². The minimum atomic E-state index is -0.408. The number of oxime groups is 2. The Hall–Kier alpha value is -3.25. The smallest absolute Gasteiger partial charge is 0.274 e. The summed E-state index contributed by atoms with van der Waals surface area (Å²) in [5.41, 5.74) is 1.23. The second kappa shape index (κ2) is 9.29. The Labute approximate surface area is 153 Å². The summed E-state index contributed by atoms with van der Waals surface area (Å²) in [7, 11) is 2.84. The fourth-order valence-electron chi connectivity index (χ4n) is 1.96. The van der Waals surface area contributed by atoms with E-state index in [1.165, 1.54) is 49.8 Å². The molecule has 1 aromatic heterocycles. The van der Waals surface area contributed by atoms with E-state index in [2.05, 4.69) is 15.6 Å². The molecule has 0 aliphatic heterocycles. The molecule has 134 valence electrons. The molecule has 9 heteroatoms. The number of hydrogen-bond acceptors (Lipinski definition) is 7. The molecule has 1 aromatic carbocycles. The standard InChI is InChI=1S/C17H15FN4O3S/c1-20-17(23)15(22-24-2)16-12(7-8-26-16)10-25-21-14(9-19)11-3-5-13(18)6-4-11/h3-8H,10H2,1-2H3,(H,20,23)/b21-14?,22-15-. The highest BCUT2D eigenvalue weighted by molar-refractivity contribution is 7.13. The maximum atomic E-state index is 13.0. The highest BCUT2D eigenvalue weighted by Gasteiger charge is 2.19. The molecule has 0 saturated heterocycles. The van der Waals surface area contributed by atoms with Crippen molar-refractivity contribution in [3.05, 3.63) is 57.5 Å². The molecule has 0 aliphatic rings. The quantitative estimate of drug-likeness (QED) is 0.595. The van der Waals surface area contributed by atoms with Gasteiger partial charge in [0, 0.05) is 18.2 Å². The fraction of sp³-hybridized carbons (Fsp3) is 0.176. The van der Waals surface area contributed by atoms with E-state index in [0.717, 1.165) is 0 Å². The fourth-order valence-corrected chi connectivity index (χ4v) is 2.85. The molecular weight excluding hydrogens is 359 g/mol. The summed E-state index contributed by atoms with van der Waals surface area (Å²) in [6.07, 6.45) is 0. The lowest BCUT2D eigenvalue weighted by atomic mass is 10.1. The zero-order chi connectivity index (χ0) is 18.9. The first-order valence-corrected chi connectivity index (χ1v) is 8.24. The van der Waals surface area contributed by atoms with Crippen LogP contribution in [0.1, 0.15) is 16.0 Å². The summed E-state index contributed by atoms with van der Waals surface area (Å²) >= 11 is 1.30. The van der Waals surface area contributed by atoms with Gasteiger partial charge in [0.15, 0.2) is 11.4 Å². The third kappa shape index (κ3) is 4.64. The molecule has 0 aliphatic carbocycles. The molecule has 1 amide bonds. The number of benzene rings is 1. The zero-order valence-corrected chi connectivity index (χ0v) is 14.8. The molecule has 2 rings (SSSR count). The number of halogens is 1. The average molecular weight is 374 g/mol. The third-order valence-corrected chi connectivity index (χ3v) is 4.15. The number of nitrogens with zero attached hydrogens (tertiary/aromatic N) is 3. The predicted molar refractivity (Wildman–Crippen MR) is 95.3 cm³/mol. The van der Waals surface area contributed by atoms with Gasteiger partial charge in [-0.1, -0.05) is 10.3 Å². The predicted octanol–water partition coefficient (Wildman–Crippen LogP) is 2.43. The SMILES string of the molecule is CNC(=O)/C(=N\OC)c1sccc1CON=C(C#N)c1ccc(F)cc1. The van der Waals surface area contributed by atoms with Crippen molar-refractivity contribution in [1.82, 2.24) is 5.32 Å². The number of hydrogen-bond donors (Lipinski definition) is 1. The van der Waals surface area contributed by atoms with Crippen molar-refractivity contribution in [2.24, 2.45) is 10.3 Å². The van der Waals surface area contributed by atoms with Crippen molar-refractivity contribution < 1.29 is 18.9 Å². The summed E-state index contributed by atoms with van der Waals surface area (Å²) in [6.45, 7) is 0.0188. The van der Waals surface area contributed by atoms with Crippen LogP contribution in [0.25, 0.3) is 0 Å². The normalized spacial score (nSPS) is 11.6. The van der Waals surface area contributed by atoms with Crippen molar-refractivity contribution in [3.8, 4) is 6.07 Å². The molecule has 1 N–H and O–H groups in total. The second-order valence-electron chi connectivity index (χ2n) is 4.81. The summed E-state index contributed by atoms with van der Waals surface area (Å²) in [4.78, 5) is 22.5. The van der Waals surface area contributed by atoms with Gasteiger partial charge >= 0.3 is 0 Å². The highest BCUT2D eigenvalue weighted by atomic mass is 32.1. The van der Waals surface area contributed by atoms with Crippen LogP contribution in [-0.2, 0) is 21.1 Å². The molecule has 2 aromatic rings. The van der Waals surface area contributed by atoms with Gasteiger partial charge in [0.25, 0.3) is 5.91 Å². The first-order chi connectivity index (χ1) is 12.6. The lowest BCUT2D eigenvalue weighted by Crippen LogP contribution is -2.28. The molecule has 0 fully saturated rings. The van der Waals surface area contributed by atoms with E-state index in [9.17, 15) is 14.4 Å². The molecule has 26 heavy (non-hydrogen) atoms. The molecule has 0 spiro atoms. The van der Waals surface area contributed by atoms with E-state index in [-0.39, 0.29) is 18.0 Å². The first kappa shape index (κ1) is 19.1. The van der Waals surface area contributed by atoms with E-state index < -0.39 is 11.7 Å². The van der Waals surface area contributed by atoms with Crippen LogP contribution in [0.4, 0.5) is 4.39 Å². The Kier molecular flexibility index (Phi) is 6.82. The summed E-state index contributed by atoms with van der Waals surface area (Å²) in [5, 5.41) is 21.0. The van der Waals surface area contributed by atoms with Crippen molar-refractivity contribution in [1.29, 1.82) is 5.26 Å². The van der Waals surface area contributed by atoms with Crippen LogP contribution >= 0.6 is 11.3 Å². The third-order valence-electron chi connectivity index (χ3n) is 3.19. The topological polar surface area (TPSA) is 96.1 Å². The van der Waals surface area contributed by atoms with Crippen LogP contribution in [0.5, 0.6) is 0 Å². The van der Waals surface area contributed by atoms with Crippen LogP contribution in [0, 0.1) is 17.1 Å². The zero-order valence-electron chi connectivity index (χ0n) is 14.0. The van der Waals surface area contributed by atoms with Gasteiger partial charge in [-0.25, -0.2) is 4.39 Å². The van der Waals surface area contributed by atoms with Gasteiger partial charge in [0.1, 0.15) is 25.6 Å². The van der Waals surface area contributed by atoms with Crippen molar-refractivity contribution >= 4 is 28.7 Å². The van der Waals surface area contributed by atoms with Crippen molar-refractivity contribution in [2.45, 2.75) is 6.61 Å². The van der Waals surface area contributed by atoms with Gasteiger partial charge in [-0.3, -0.25) is 4.79 Å². The van der Waals surface area contributed by atoms with Gasteiger partial charge in [-0.15, -0.1) is 11.3 Å². The van der Waals surface area contributed by atoms with Crippen LogP contribution in [0.3, 0.4) is 0 Å². The highest BCUT2D eigenvalue weighted by Crippen LogP contribution is 2.20. The number of rotatable bonds is 7. The minimum absolute atomic E-state index is 0.0128. The maximum Gasteiger partial charge on any atom is 0.274 e. The summed E-state index contributed by atoms with van der Waals surface area (Å²) < 4.78 is 13.0. The van der Waals surface area contributed by atoms with E-state index >= 15 is 0 Å². The van der Waals surface area contributed by atoms with Crippen molar-refractivity contribution in [2.75, 3.05) is 14.2 Å². The number of carbonyl (C=O) groups excluding carboxylic acids is 1. The molecule has 0 unspecified atom stereocenters. The maximum absolute atomic E-state index is 13.0. The van der Waals surface area contributed by atoms with E-state index in [1.54, 1.807) is 11.4 Å². The molecular formula is C17H15FN4O3S. The van der Waals surface area contributed by atoms with Gasteiger partial charge < -0.3 is 15.0 Å². The number of nitrogens with one attached hydrogen (secondary N) is 1. The molecule has 0 radical (unpaired) electrons. The van der Waals surface area contributed by atoms with Gasteiger partial charge in [-0.05, 0) is 35.7 Å². The van der Waals surface area contributed by atoms with Gasteiger partial charge in [0.2, 0.25) is 0 Å². The molecule has 0 atom stereocenters. The Morgan fingerprint density at radius 3 is 2.65 bits per heavy atom. The van der Waals surface area contributed by atoms with Crippen molar-refractivity contribution in [3.63, 3.8) is 0 Å². The Morgan fingerprint density at radius 1 is 1.31 bits per heavy atom. The van der Waals surface area contributed by atoms with Crippen LogP contribution in [0.2, 0.25) is 0 Å². The van der Waals surface area contributed by atoms with Gasteiger partial charge in [0.05, 0.1) is 4.88 Å². The van der Waals surface area contributed by atoms with Crippen LogP contribution in [0.15, 0.2) is 46.0 Å². The Balaban J connectivity index is 2.16. The summed E-state index contributed by atoms with van der Waals surface area (Å²) in [6, 6.07) is 8.99. The number of likely N-dealkylation sites (N-methyl/N-ethyl adjacent to an activating group) is 1. The monoisotopic (exact) mass is 374 g/mol. The first-order valence-electron chi connectivity index (χ1n) is 7.36. The van der Waals surface area contributed by atoms with E-state index in [1.807, 2.05) is 6.07 Å². The Morgan fingerprint density at radius 2 is 2.04 bits per heavy atom. The Bertz CT molecular complexity index is 869. The largest absolute Gasteiger partial charge is 0.398 e. The number of carbonyl (C=O) groups is 1. The van der Waals surface area contributed by atoms with Crippen LogP contribution in [-0.4, -0.2) is 31.5 Å². The molecule has 1 heterocycles. The van der Waals surface area contributed by atoms with Crippen LogP contribution < -0.4 is 5.32 Å². The molecule has 0 bridgehead atoms. The average Bonchev–Trinajstić information content (AvgIpc) is 3.11.